The third-order valence-electron chi connectivity index (χ3n) is 4.68. The molecule has 0 aliphatic carbocycles. The number of nitrogens with zero attached hydrogens (tertiary/aromatic N) is 2. The van der Waals surface area contributed by atoms with Gasteiger partial charge in [-0.2, -0.15) is 4.31 Å². The molecule has 0 aromatic heterocycles. The van der Waals surface area contributed by atoms with Gasteiger partial charge < -0.3 is 19.1 Å². The zero-order chi connectivity index (χ0) is 16.0. The number of carbonyl (C=O) groups excluding carboxylic acids is 1. The van der Waals surface area contributed by atoms with Crippen LogP contribution in [0.4, 0.5) is 0 Å². The molecule has 0 N–H and O–H groups in total. The first-order chi connectivity index (χ1) is 10.4. The summed E-state index contributed by atoms with van der Waals surface area (Å²) in [4.78, 5) is 13.8. The highest BCUT2D eigenvalue weighted by atomic mass is 32.2. The van der Waals surface area contributed by atoms with E-state index in [1.54, 1.807) is 12.0 Å². The smallest absolute Gasteiger partial charge is 0.248 e. The number of sulfonamides is 1. The molecule has 1 spiro atoms. The van der Waals surface area contributed by atoms with Crippen molar-refractivity contribution in [2.24, 2.45) is 0 Å². The average molecular weight is 334 g/mol. The van der Waals surface area contributed by atoms with Crippen molar-refractivity contribution in [3.8, 4) is 0 Å². The molecule has 3 fully saturated rings. The topological polar surface area (TPSA) is 85.4 Å². The number of likely N-dealkylation sites (tertiary alicyclic amines) is 1. The fourth-order valence-corrected chi connectivity index (χ4v) is 6.04. The molecule has 8 nitrogen and oxygen atoms in total. The minimum Gasteiger partial charge on any atom is -0.383 e. The van der Waals surface area contributed by atoms with E-state index in [-0.39, 0.29) is 25.2 Å². The normalized spacial score (nSPS) is 36.5. The number of hydrogen-bond donors (Lipinski definition) is 0. The first-order valence-corrected chi connectivity index (χ1v) is 8.86. The van der Waals surface area contributed by atoms with Crippen LogP contribution in [-0.2, 0) is 29.0 Å². The number of methoxy groups -OCH3 is 2. The molecule has 3 aliphatic rings. The van der Waals surface area contributed by atoms with Crippen molar-refractivity contribution in [2.75, 3.05) is 53.6 Å². The van der Waals surface area contributed by atoms with Crippen LogP contribution in [0, 0.1) is 0 Å². The Labute approximate surface area is 130 Å². The minimum absolute atomic E-state index is 0.00755. The molecular formula is C13H22N2O6S. The molecule has 0 saturated carbocycles. The molecule has 3 heterocycles. The Morgan fingerprint density at radius 3 is 2.77 bits per heavy atom. The summed E-state index contributed by atoms with van der Waals surface area (Å²) in [6.45, 7) is 1.70. The van der Waals surface area contributed by atoms with Gasteiger partial charge in [-0.05, 0) is 6.42 Å². The molecule has 9 heteroatoms. The second-order valence-corrected chi connectivity index (χ2v) is 8.22. The quantitative estimate of drug-likeness (QED) is 0.619. The lowest BCUT2D eigenvalue weighted by atomic mass is 9.99. The van der Waals surface area contributed by atoms with Gasteiger partial charge in [-0.25, -0.2) is 8.42 Å². The van der Waals surface area contributed by atoms with Crippen molar-refractivity contribution in [1.82, 2.24) is 9.21 Å². The predicted molar refractivity (Wildman–Crippen MR) is 76.8 cm³/mol. The van der Waals surface area contributed by atoms with E-state index in [9.17, 15) is 13.2 Å². The van der Waals surface area contributed by atoms with Crippen molar-refractivity contribution >= 4 is 15.9 Å². The number of carbonyl (C=O) groups is 1. The van der Waals surface area contributed by atoms with Crippen LogP contribution in [0.3, 0.4) is 0 Å². The second-order valence-electron chi connectivity index (χ2n) is 6.11. The fourth-order valence-electron chi connectivity index (χ4n) is 3.75. The highest BCUT2D eigenvalue weighted by Crippen LogP contribution is 2.46. The monoisotopic (exact) mass is 334 g/mol. The Balaban J connectivity index is 1.81. The Hall–Kier alpha value is -0.740. The van der Waals surface area contributed by atoms with Gasteiger partial charge in [0.05, 0.1) is 19.3 Å². The van der Waals surface area contributed by atoms with Crippen LogP contribution in [0.5, 0.6) is 0 Å². The van der Waals surface area contributed by atoms with Crippen molar-refractivity contribution in [2.45, 2.75) is 23.4 Å². The van der Waals surface area contributed by atoms with E-state index in [1.807, 2.05) is 0 Å². The summed E-state index contributed by atoms with van der Waals surface area (Å²) in [7, 11) is -0.388. The number of ether oxygens (including phenoxy) is 3. The second kappa shape index (κ2) is 5.72. The van der Waals surface area contributed by atoms with Crippen molar-refractivity contribution < 1.29 is 27.4 Å². The summed E-state index contributed by atoms with van der Waals surface area (Å²) in [6.07, 6.45) is 0.238. The Morgan fingerprint density at radius 2 is 2.09 bits per heavy atom. The van der Waals surface area contributed by atoms with Crippen molar-refractivity contribution in [3.63, 3.8) is 0 Å². The molecule has 3 atom stereocenters. The summed E-state index contributed by atoms with van der Waals surface area (Å²) in [5.41, 5.74) is -0.807. The van der Waals surface area contributed by atoms with E-state index in [2.05, 4.69) is 0 Å². The van der Waals surface area contributed by atoms with Crippen molar-refractivity contribution in [1.29, 1.82) is 0 Å². The SMILES string of the molecule is COCCN1C[C@]23CN(C(=O)COC)C[C@H](C[C@H]2S1(=O)=O)O3. The van der Waals surface area contributed by atoms with Gasteiger partial charge in [-0.15, -0.1) is 0 Å². The van der Waals surface area contributed by atoms with Crippen LogP contribution in [-0.4, -0.2) is 94.1 Å². The number of amides is 1. The lowest BCUT2D eigenvalue weighted by Gasteiger charge is -2.39. The lowest BCUT2D eigenvalue weighted by Crippen LogP contribution is -2.57. The number of hydrogen-bond acceptors (Lipinski definition) is 6. The van der Waals surface area contributed by atoms with Gasteiger partial charge in [0.25, 0.3) is 0 Å². The van der Waals surface area contributed by atoms with Gasteiger partial charge in [0, 0.05) is 33.9 Å². The maximum absolute atomic E-state index is 12.7. The fraction of sp³-hybridized carbons (Fsp3) is 0.923. The van der Waals surface area contributed by atoms with Gasteiger partial charge in [0.2, 0.25) is 15.9 Å². The molecule has 126 valence electrons. The molecule has 0 unspecified atom stereocenters. The summed E-state index contributed by atoms with van der Waals surface area (Å²) in [6, 6.07) is 0. The standard InChI is InChI=1S/C13H22N2O6S/c1-19-4-3-15-9-13-8-14(12(16)7-20-2)6-10(21-13)5-11(13)22(15,17)18/h10-11H,3-9H2,1-2H3/t10-,11+,13+/m0/s1. The van der Waals surface area contributed by atoms with Crippen LogP contribution in [0.25, 0.3) is 0 Å². The summed E-state index contributed by atoms with van der Waals surface area (Å²) in [5, 5.41) is -0.567. The first-order valence-electron chi connectivity index (χ1n) is 7.35. The number of morpholine rings is 1. The largest absolute Gasteiger partial charge is 0.383 e. The average Bonchev–Trinajstić information content (AvgIpc) is 2.84. The van der Waals surface area contributed by atoms with E-state index in [4.69, 9.17) is 14.2 Å². The predicted octanol–water partition coefficient (Wildman–Crippen LogP) is -1.34. The first kappa shape index (κ1) is 16.1. The summed E-state index contributed by atoms with van der Waals surface area (Å²) >= 11 is 0. The molecule has 3 saturated heterocycles. The minimum atomic E-state index is -3.40. The van der Waals surface area contributed by atoms with E-state index in [1.165, 1.54) is 11.4 Å². The van der Waals surface area contributed by atoms with E-state index in [0.717, 1.165) is 0 Å². The van der Waals surface area contributed by atoms with Crippen LogP contribution < -0.4 is 0 Å². The lowest BCUT2D eigenvalue weighted by molar-refractivity contribution is -0.154. The van der Waals surface area contributed by atoms with E-state index < -0.39 is 20.9 Å². The molecular weight excluding hydrogens is 312 g/mol. The van der Waals surface area contributed by atoms with Gasteiger partial charge in [0.15, 0.2) is 0 Å². The molecule has 1 amide bonds. The molecule has 0 aromatic carbocycles. The Morgan fingerprint density at radius 1 is 1.32 bits per heavy atom. The van der Waals surface area contributed by atoms with E-state index in [0.29, 0.717) is 32.7 Å². The molecule has 2 bridgehead atoms. The number of rotatable bonds is 5. The molecule has 3 rings (SSSR count). The van der Waals surface area contributed by atoms with Gasteiger partial charge in [-0.1, -0.05) is 0 Å². The maximum Gasteiger partial charge on any atom is 0.248 e. The molecule has 22 heavy (non-hydrogen) atoms. The van der Waals surface area contributed by atoms with Crippen LogP contribution in [0.15, 0.2) is 0 Å². The third-order valence-corrected chi connectivity index (χ3v) is 7.05. The van der Waals surface area contributed by atoms with Gasteiger partial charge in [-0.3, -0.25) is 4.79 Å². The highest BCUT2D eigenvalue weighted by molar-refractivity contribution is 7.90. The molecule has 3 aliphatic heterocycles. The van der Waals surface area contributed by atoms with Crippen molar-refractivity contribution in [3.05, 3.63) is 0 Å². The Bertz CT molecular complexity index is 553. The summed E-state index contributed by atoms with van der Waals surface area (Å²) < 4.78 is 42.7. The van der Waals surface area contributed by atoms with E-state index >= 15 is 0 Å². The van der Waals surface area contributed by atoms with Crippen LogP contribution >= 0.6 is 0 Å². The Kier molecular flexibility index (Phi) is 4.19. The molecule has 0 radical (unpaired) electrons. The van der Waals surface area contributed by atoms with Crippen LogP contribution in [0.1, 0.15) is 6.42 Å². The maximum atomic E-state index is 12.7. The number of fused-ring (bicyclic) bond motifs is 1. The van der Waals surface area contributed by atoms with Gasteiger partial charge in [0.1, 0.15) is 17.5 Å². The highest BCUT2D eigenvalue weighted by Gasteiger charge is 2.65. The molecule has 0 aromatic rings. The third kappa shape index (κ3) is 2.44. The zero-order valence-electron chi connectivity index (χ0n) is 12.9. The van der Waals surface area contributed by atoms with Crippen LogP contribution in [0.2, 0.25) is 0 Å². The van der Waals surface area contributed by atoms with Gasteiger partial charge >= 0.3 is 0 Å². The summed E-state index contributed by atoms with van der Waals surface area (Å²) in [5.74, 6) is -0.122. The zero-order valence-corrected chi connectivity index (χ0v) is 13.7.